The van der Waals surface area contributed by atoms with Crippen LogP contribution in [0.4, 0.5) is 13.2 Å². The van der Waals surface area contributed by atoms with Crippen molar-refractivity contribution in [2.24, 2.45) is 10.9 Å². The summed E-state index contributed by atoms with van der Waals surface area (Å²) in [7, 11) is 0. The summed E-state index contributed by atoms with van der Waals surface area (Å²) in [6, 6.07) is 7.13. The number of aromatic hydroxyl groups is 1. The van der Waals surface area contributed by atoms with E-state index in [0.717, 1.165) is 37.5 Å². The molecule has 0 spiro atoms. The number of nitrogens with zero attached hydrogens (tertiary/aromatic N) is 3. The van der Waals surface area contributed by atoms with E-state index in [1.165, 1.54) is 4.90 Å². The molecule has 1 aliphatic rings. The van der Waals surface area contributed by atoms with E-state index < -0.39 is 12.7 Å². The highest BCUT2D eigenvalue weighted by Gasteiger charge is 2.32. The van der Waals surface area contributed by atoms with E-state index in [2.05, 4.69) is 15.2 Å². The summed E-state index contributed by atoms with van der Waals surface area (Å²) < 4.78 is 38.0. The van der Waals surface area contributed by atoms with Crippen molar-refractivity contribution in [3.8, 4) is 5.75 Å². The maximum absolute atomic E-state index is 12.7. The fraction of sp³-hybridized carbons (Fsp3) is 0.650. The first-order valence-corrected chi connectivity index (χ1v) is 9.91. The predicted octanol–water partition coefficient (Wildman–Crippen LogP) is 3.11. The monoisotopic (exact) mass is 400 g/mol. The number of aliphatic imine (C=N–C) groups is 1. The van der Waals surface area contributed by atoms with Crippen LogP contribution >= 0.6 is 0 Å². The Bertz CT molecular complexity index is 636. The van der Waals surface area contributed by atoms with Crippen molar-refractivity contribution in [3.63, 3.8) is 0 Å². The van der Waals surface area contributed by atoms with Crippen molar-refractivity contribution in [1.82, 2.24) is 15.1 Å². The highest BCUT2D eigenvalue weighted by atomic mass is 19.4. The van der Waals surface area contributed by atoms with Crippen LogP contribution in [0.2, 0.25) is 0 Å². The van der Waals surface area contributed by atoms with Gasteiger partial charge in [-0.1, -0.05) is 19.1 Å². The van der Waals surface area contributed by atoms with Crippen molar-refractivity contribution in [3.05, 3.63) is 29.8 Å². The Morgan fingerprint density at radius 1 is 1.36 bits per heavy atom. The van der Waals surface area contributed by atoms with Crippen LogP contribution in [0.25, 0.3) is 0 Å². The number of phenolic OH excluding ortho intramolecular Hbond substituents is 1. The van der Waals surface area contributed by atoms with Gasteiger partial charge in [-0.15, -0.1) is 0 Å². The molecule has 2 rings (SSSR count). The number of guanidine groups is 1. The quantitative estimate of drug-likeness (QED) is 0.520. The molecule has 0 aromatic heterocycles. The molecular weight excluding hydrogens is 369 g/mol. The molecule has 1 fully saturated rings. The third-order valence-electron chi connectivity index (χ3n) is 4.86. The van der Waals surface area contributed by atoms with Crippen molar-refractivity contribution in [2.75, 3.05) is 45.8 Å². The van der Waals surface area contributed by atoms with E-state index in [4.69, 9.17) is 0 Å². The lowest BCUT2D eigenvalue weighted by molar-refractivity contribution is -0.146. The highest BCUT2D eigenvalue weighted by molar-refractivity contribution is 5.80. The second kappa shape index (κ2) is 10.5. The number of hydrogen-bond donors (Lipinski definition) is 2. The van der Waals surface area contributed by atoms with Gasteiger partial charge in [-0.05, 0) is 49.9 Å². The Kier molecular flexibility index (Phi) is 8.41. The predicted molar refractivity (Wildman–Crippen MR) is 106 cm³/mol. The summed E-state index contributed by atoms with van der Waals surface area (Å²) in [6.45, 7) is 6.61. The van der Waals surface area contributed by atoms with Gasteiger partial charge in [-0.3, -0.25) is 9.89 Å². The SMILES string of the molecule is CCNC(=NCCc1cccc(O)c1)N1CCC(CN(CC)CC(F)(F)F)C1. The third kappa shape index (κ3) is 7.58. The molecule has 158 valence electrons. The number of benzene rings is 1. The first-order valence-electron chi connectivity index (χ1n) is 9.91. The van der Waals surface area contributed by atoms with Crippen molar-refractivity contribution < 1.29 is 18.3 Å². The molecule has 0 amide bonds. The number of rotatable bonds is 8. The van der Waals surface area contributed by atoms with Gasteiger partial charge >= 0.3 is 6.18 Å². The normalized spacial score (nSPS) is 18.1. The molecule has 28 heavy (non-hydrogen) atoms. The Hall–Kier alpha value is -1.96. The summed E-state index contributed by atoms with van der Waals surface area (Å²) in [4.78, 5) is 8.28. The van der Waals surface area contributed by atoms with E-state index >= 15 is 0 Å². The molecule has 1 atom stereocenters. The lowest BCUT2D eigenvalue weighted by atomic mass is 10.1. The molecular formula is C20H31F3N4O. The number of hydrogen-bond acceptors (Lipinski definition) is 3. The molecule has 0 saturated carbocycles. The van der Waals surface area contributed by atoms with Crippen molar-refractivity contribution >= 4 is 5.96 Å². The van der Waals surface area contributed by atoms with Crippen LogP contribution in [-0.2, 0) is 6.42 Å². The zero-order valence-corrected chi connectivity index (χ0v) is 16.7. The lowest BCUT2D eigenvalue weighted by Gasteiger charge is -2.26. The molecule has 5 nitrogen and oxygen atoms in total. The van der Waals surface area contributed by atoms with Crippen LogP contribution < -0.4 is 5.32 Å². The van der Waals surface area contributed by atoms with Gasteiger partial charge in [0.2, 0.25) is 0 Å². The van der Waals surface area contributed by atoms with Gasteiger partial charge in [0, 0.05) is 32.7 Å². The van der Waals surface area contributed by atoms with Crippen LogP contribution in [-0.4, -0.2) is 72.9 Å². The maximum Gasteiger partial charge on any atom is 0.401 e. The Morgan fingerprint density at radius 2 is 2.14 bits per heavy atom. The minimum atomic E-state index is -4.16. The minimum Gasteiger partial charge on any atom is -0.508 e. The fourth-order valence-corrected chi connectivity index (χ4v) is 3.53. The zero-order chi connectivity index (χ0) is 20.6. The van der Waals surface area contributed by atoms with E-state index in [9.17, 15) is 18.3 Å². The second-order valence-corrected chi connectivity index (χ2v) is 7.20. The van der Waals surface area contributed by atoms with Crippen LogP contribution in [0.1, 0.15) is 25.8 Å². The molecule has 0 aliphatic carbocycles. The summed E-state index contributed by atoms with van der Waals surface area (Å²) in [5.41, 5.74) is 1.02. The molecule has 1 aromatic carbocycles. The largest absolute Gasteiger partial charge is 0.508 e. The fourth-order valence-electron chi connectivity index (χ4n) is 3.53. The number of likely N-dealkylation sites (tertiary alicyclic amines) is 1. The van der Waals surface area contributed by atoms with Gasteiger partial charge in [0.15, 0.2) is 5.96 Å². The average molecular weight is 400 g/mol. The Morgan fingerprint density at radius 3 is 2.79 bits per heavy atom. The molecule has 1 aliphatic heterocycles. The molecule has 1 unspecified atom stereocenters. The van der Waals surface area contributed by atoms with Crippen molar-refractivity contribution in [1.29, 1.82) is 0 Å². The minimum absolute atomic E-state index is 0.206. The van der Waals surface area contributed by atoms with E-state index in [1.54, 1.807) is 19.1 Å². The first-order chi connectivity index (χ1) is 13.3. The smallest absolute Gasteiger partial charge is 0.401 e. The summed E-state index contributed by atoms with van der Waals surface area (Å²) >= 11 is 0. The number of phenols is 1. The van der Waals surface area contributed by atoms with Gasteiger partial charge in [0.1, 0.15) is 5.75 Å². The Balaban J connectivity index is 1.89. The van der Waals surface area contributed by atoms with E-state index in [1.807, 2.05) is 19.1 Å². The van der Waals surface area contributed by atoms with Crippen LogP contribution in [0.5, 0.6) is 5.75 Å². The molecule has 8 heteroatoms. The molecule has 1 saturated heterocycles. The summed E-state index contributed by atoms with van der Waals surface area (Å²) in [5, 5.41) is 12.8. The van der Waals surface area contributed by atoms with Gasteiger partial charge in [-0.2, -0.15) is 13.2 Å². The summed E-state index contributed by atoms with van der Waals surface area (Å²) in [6.07, 6.45) is -2.57. The summed E-state index contributed by atoms with van der Waals surface area (Å²) in [5.74, 6) is 1.26. The molecule has 2 N–H and O–H groups in total. The van der Waals surface area contributed by atoms with Gasteiger partial charge in [0.05, 0.1) is 6.54 Å². The van der Waals surface area contributed by atoms with Crippen LogP contribution in [0, 0.1) is 5.92 Å². The van der Waals surface area contributed by atoms with E-state index in [-0.39, 0.29) is 11.7 Å². The standard InChI is InChI=1S/C20H31F3N4O/c1-3-24-19(25-10-8-16-6-5-7-18(28)12-16)27-11-9-17(14-27)13-26(4-2)15-20(21,22)23/h5-7,12,17,28H,3-4,8-11,13-15H2,1-2H3,(H,24,25). The van der Waals surface area contributed by atoms with Crippen LogP contribution in [0.3, 0.4) is 0 Å². The molecule has 1 heterocycles. The van der Waals surface area contributed by atoms with Gasteiger partial charge in [0.25, 0.3) is 0 Å². The second-order valence-electron chi connectivity index (χ2n) is 7.20. The number of nitrogens with one attached hydrogen (secondary N) is 1. The molecule has 0 radical (unpaired) electrons. The topological polar surface area (TPSA) is 51.1 Å². The zero-order valence-electron chi connectivity index (χ0n) is 16.7. The maximum atomic E-state index is 12.7. The third-order valence-corrected chi connectivity index (χ3v) is 4.86. The van der Waals surface area contributed by atoms with E-state index in [0.29, 0.717) is 26.2 Å². The van der Waals surface area contributed by atoms with Crippen LogP contribution in [0.15, 0.2) is 29.3 Å². The average Bonchev–Trinajstić information content (AvgIpc) is 3.07. The van der Waals surface area contributed by atoms with Gasteiger partial charge in [-0.25, -0.2) is 0 Å². The number of halogens is 3. The first kappa shape index (κ1) is 22.3. The van der Waals surface area contributed by atoms with Gasteiger partial charge < -0.3 is 15.3 Å². The van der Waals surface area contributed by atoms with Crippen molar-refractivity contribution in [2.45, 2.75) is 32.9 Å². The molecule has 0 bridgehead atoms. The Labute approximate surface area is 165 Å². The molecule has 1 aromatic rings. The number of alkyl halides is 3. The highest BCUT2D eigenvalue weighted by Crippen LogP contribution is 2.21. The lowest BCUT2D eigenvalue weighted by Crippen LogP contribution is -2.42.